The van der Waals surface area contributed by atoms with E-state index >= 15 is 0 Å². The number of amides is 1. The van der Waals surface area contributed by atoms with E-state index in [0.717, 1.165) is 24.9 Å². The molecule has 1 amide bonds. The van der Waals surface area contributed by atoms with Crippen molar-refractivity contribution < 1.29 is 4.79 Å². The van der Waals surface area contributed by atoms with Crippen LogP contribution in [0.3, 0.4) is 0 Å². The maximum absolute atomic E-state index is 12.5. The number of benzene rings is 1. The molecule has 146 valence electrons. The average Bonchev–Trinajstić information content (AvgIpc) is 3.05. The first kappa shape index (κ1) is 18.6. The van der Waals surface area contributed by atoms with E-state index in [1.165, 1.54) is 41.9 Å². The molecule has 5 N–H and O–H groups in total. The fraction of sp³-hybridized carbons (Fsp3) is 0.333. The van der Waals surface area contributed by atoms with Gasteiger partial charge < -0.3 is 21.7 Å². The highest BCUT2D eigenvalue weighted by Gasteiger charge is 2.17. The lowest BCUT2D eigenvalue weighted by Gasteiger charge is -2.28. The number of nitrogen functional groups attached to an aromatic ring is 2. The van der Waals surface area contributed by atoms with Gasteiger partial charge in [0, 0.05) is 30.7 Å². The van der Waals surface area contributed by atoms with Crippen LogP contribution in [0.2, 0.25) is 0 Å². The van der Waals surface area contributed by atoms with E-state index < -0.39 is 0 Å². The van der Waals surface area contributed by atoms with Crippen LogP contribution in [0.5, 0.6) is 0 Å². The quantitative estimate of drug-likeness (QED) is 0.615. The number of carbonyl (C=O) groups excluding carboxylic acids is 1. The van der Waals surface area contributed by atoms with E-state index in [1.807, 2.05) is 6.07 Å². The van der Waals surface area contributed by atoms with Crippen molar-refractivity contribution in [2.24, 2.45) is 0 Å². The molecule has 1 saturated heterocycles. The summed E-state index contributed by atoms with van der Waals surface area (Å²) in [6.45, 7) is 2.85. The number of pyridine rings is 1. The molecule has 0 spiro atoms. The van der Waals surface area contributed by atoms with Gasteiger partial charge in [-0.2, -0.15) is 0 Å². The molecule has 4 rings (SSSR count). The molecule has 0 saturated carbocycles. The summed E-state index contributed by atoms with van der Waals surface area (Å²) in [5.41, 5.74) is 14.8. The first-order valence-electron chi connectivity index (χ1n) is 9.68. The number of carbonyl (C=O) groups is 1. The Balaban J connectivity index is 1.34. The molecular weight excluding hydrogens is 370 g/mol. The lowest BCUT2D eigenvalue weighted by Crippen LogP contribution is -2.29. The monoisotopic (exact) mass is 395 g/mol. The number of aromatic nitrogens is 1. The van der Waals surface area contributed by atoms with Gasteiger partial charge in [0.2, 0.25) is 0 Å². The third-order valence-corrected chi connectivity index (χ3v) is 6.29. The Labute approximate surface area is 168 Å². The Morgan fingerprint density at radius 2 is 1.82 bits per heavy atom. The zero-order valence-electron chi connectivity index (χ0n) is 15.8. The van der Waals surface area contributed by atoms with Crippen LogP contribution in [0.4, 0.5) is 17.2 Å². The molecule has 0 atom stereocenters. The predicted octanol–water partition coefficient (Wildman–Crippen LogP) is 3.42. The van der Waals surface area contributed by atoms with Crippen LogP contribution in [-0.2, 0) is 6.42 Å². The highest BCUT2D eigenvalue weighted by atomic mass is 32.1. The standard InChI is InChI=1S/C21H25N5OS/c22-17-9-8-16-18(23)19(28-21(16)25-17)20(27)24-11-10-14-4-6-15(7-5-14)26-12-2-1-3-13-26/h4-9H,1-3,10-13,23H2,(H2,22,25)(H,24,27). The lowest BCUT2D eigenvalue weighted by atomic mass is 10.1. The van der Waals surface area contributed by atoms with Crippen molar-refractivity contribution in [3.63, 3.8) is 0 Å². The van der Waals surface area contributed by atoms with E-state index in [0.29, 0.717) is 27.8 Å². The first-order valence-corrected chi connectivity index (χ1v) is 10.5. The average molecular weight is 396 g/mol. The number of fused-ring (bicyclic) bond motifs is 1. The van der Waals surface area contributed by atoms with Crippen molar-refractivity contribution in [1.82, 2.24) is 10.3 Å². The molecule has 2 aromatic heterocycles. The fourth-order valence-electron chi connectivity index (χ4n) is 3.61. The molecule has 6 nitrogen and oxygen atoms in total. The smallest absolute Gasteiger partial charge is 0.263 e. The Morgan fingerprint density at radius 3 is 2.57 bits per heavy atom. The van der Waals surface area contributed by atoms with Gasteiger partial charge in [0.25, 0.3) is 5.91 Å². The van der Waals surface area contributed by atoms with Gasteiger partial charge in [-0.1, -0.05) is 12.1 Å². The molecule has 1 aromatic carbocycles. The number of hydrogen-bond acceptors (Lipinski definition) is 6. The molecule has 7 heteroatoms. The molecule has 0 unspecified atom stereocenters. The van der Waals surface area contributed by atoms with Gasteiger partial charge in [0.15, 0.2) is 0 Å². The van der Waals surface area contributed by atoms with Gasteiger partial charge in [-0.25, -0.2) is 4.98 Å². The highest BCUT2D eigenvalue weighted by molar-refractivity contribution is 7.21. The fourth-order valence-corrected chi connectivity index (χ4v) is 4.62. The Morgan fingerprint density at radius 1 is 1.07 bits per heavy atom. The minimum Gasteiger partial charge on any atom is -0.397 e. The van der Waals surface area contributed by atoms with Crippen LogP contribution < -0.4 is 21.7 Å². The summed E-state index contributed by atoms with van der Waals surface area (Å²) in [4.78, 5) is 20.4. The van der Waals surface area contributed by atoms with Crippen LogP contribution >= 0.6 is 11.3 Å². The third-order valence-electron chi connectivity index (χ3n) is 5.18. The zero-order chi connectivity index (χ0) is 19.5. The second kappa shape index (κ2) is 8.06. The number of nitrogens with zero attached hydrogens (tertiary/aromatic N) is 2. The molecular formula is C21H25N5OS. The number of piperidine rings is 1. The Kier molecular flexibility index (Phi) is 5.34. The molecule has 3 aromatic rings. The van der Waals surface area contributed by atoms with Gasteiger partial charge in [-0.3, -0.25) is 4.79 Å². The number of nitrogens with one attached hydrogen (secondary N) is 1. The highest BCUT2D eigenvalue weighted by Crippen LogP contribution is 2.32. The number of rotatable bonds is 5. The topological polar surface area (TPSA) is 97.3 Å². The lowest BCUT2D eigenvalue weighted by molar-refractivity contribution is 0.0959. The number of nitrogens with two attached hydrogens (primary N) is 2. The van der Waals surface area contributed by atoms with Crippen LogP contribution in [0.15, 0.2) is 36.4 Å². The van der Waals surface area contributed by atoms with Crippen molar-refractivity contribution >= 4 is 44.7 Å². The van der Waals surface area contributed by atoms with Crippen LogP contribution in [0.1, 0.15) is 34.5 Å². The minimum absolute atomic E-state index is 0.163. The molecule has 1 aliphatic heterocycles. The van der Waals surface area contributed by atoms with Gasteiger partial charge in [0.1, 0.15) is 15.5 Å². The van der Waals surface area contributed by atoms with Crippen molar-refractivity contribution in [2.75, 3.05) is 36.0 Å². The number of thiophene rings is 1. The normalized spacial score (nSPS) is 14.4. The zero-order valence-corrected chi connectivity index (χ0v) is 16.6. The van der Waals surface area contributed by atoms with E-state index in [2.05, 4.69) is 39.5 Å². The summed E-state index contributed by atoms with van der Waals surface area (Å²) in [7, 11) is 0. The van der Waals surface area contributed by atoms with Crippen molar-refractivity contribution in [1.29, 1.82) is 0 Å². The van der Waals surface area contributed by atoms with Gasteiger partial charge in [-0.15, -0.1) is 11.3 Å². The number of hydrogen-bond donors (Lipinski definition) is 3. The third kappa shape index (κ3) is 3.89. The van der Waals surface area contributed by atoms with E-state index in [1.54, 1.807) is 6.07 Å². The van der Waals surface area contributed by atoms with E-state index in [9.17, 15) is 4.79 Å². The molecule has 0 bridgehead atoms. The second-order valence-electron chi connectivity index (χ2n) is 7.15. The van der Waals surface area contributed by atoms with E-state index in [4.69, 9.17) is 11.5 Å². The van der Waals surface area contributed by atoms with Crippen molar-refractivity contribution in [3.8, 4) is 0 Å². The summed E-state index contributed by atoms with van der Waals surface area (Å²) in [6, 6.07) is 12.2. The maximum atomic E-state index is 12.5. The van der Waals surface area contributed by atoms with Crippen LogP contribution in [0.25, 0.3) is 10.2 Å². The Bertz CT molecular complexity index is 976. The van der Waals surface area contributed by atoms with Crippen LogP contribution in [0, 0.1) is 0 Å². The summed E-state index contributed by atoms with van der Waals surface area (Å²) in [6.07, 6.45) is 4.66. The minimum atomic E-state index is -0.163. The molecule has 1 fully saturated rings. The van der Waals surface area contributed by atoms with Crippen LogP contribution in [-0.4, -0.2) is 30.5 Å². The van der Waals surface area contributed by atoms with Crippen molar-refractivity contribution in [2.45, 2.75) is 25.7 Å². The SMILES string of the molecule is Nc1ccc2c(N)c(C(=O)NCCc3ccc(N4CCCCC4)cc3)sc2n1. The first-order chi connectivity index (χ1) is 13.6. The molecule has 1 aliphatic rings. The maximum Gasteiger partial charge on any atom is 0.263 e. The molecule has 3 heterocycles. The van der Waals surface area contributed by atoms with Gasteiger partial charge in [0.05, 0.1) is 5.69 Å². The summed E-state index contributed by atoms with van der Waals surface area (Å²) in [5, 5.41) is 3.74. The molecule has 28 heavy (non-hydrogen) atoms. The van der Waals surface area contributed by atoms with Gasteiger partial charge >= 0.3 is 0 Å². The summed E-state index contributed by atoms with van der Waals surface area (Å²) >= 11 is 1.28. The number of anilines is 3. The predicted molar refractivity (Wildman–Crippen MR) is 117 cm³/mol. The summed E-state index contributed by atoms with van der Waals surface area (Å²) in [5.74, 6) is 0.262. The second-order valence-corrected chi connectivity index (χ2v) is 8.15. The van der Waals surface area contributed by atoms with Crippen molar-refractivity contribution in [3.05, 3.63) is 46.8 Å². The summed E-state index contributed by atoms with van der Waals surface area (Å²) < 4.78 is 0. The Hall–Kier alpha value is -2.80. The largest absolute Gasteiger partial charge is 0.397 e. The van der Waals surface area contributed by atoms with E-state index in [-0.39, 0.29) is 5.91 Å². The molecule has 0 aliphatic carbocycles. The molecule has 0 radical (unpaired) electrons. The van der Waals surface area contributed by atoms with Gasteiger partial charge in [-0.05, 0) is 55.5 Å².